The van der Waals surface area contributed by atoms with Gasteiger partial charge in [0.1, 0.15) is 0 Å². The van der Waals surface area contributed by atoms with Gasteiger partial charge in [-0.25, -0.2) is 9.97 Å². The molecule has 0 unspecified atom stereocenters. The lowest BCUT2D eigenvalue weighted by Gasteiger charge is -2.35. The second-order valence-corrected chi connectivity index (χ2v) is 5.97. The van der Waals surface area contributed by atoms with E-state index in [0.29, 0.717) is 5.96 Å². The molecule has 2 N–H and O–H groups in total. The van der Waals surface area contributed by atoms with Crippen molar-refractivity contribution < 1.29 is 0 Å². The van der Waals surface area contributed by atoms with Crippen LogP contribution in [0, 0.1) is 0 Å². The lowest BCUT2D eigenvalue weighted by atomic mass is 10.3. The van der Waals surface area contributed by atoms with Gasteiger partial charge in [-0.3, -0.25) is 4.99 Å². The van der Waals surface area contributed by atoms with E-state index in [1.807, 2.05) is 6.07 Å². The lowest BCUT2D eigenvalue weighted by Crippen LogP contribution is -2.51. The molecule has 22 heavy (non-hydrogen) atoms. The molecule has 0 amide bonds. The Morgan fingerprint density at radius 1 is 1.27 bits per heavy atom. The fourth-order valence-electron chi connectivity index (χ4n) is 2.71. The molecule has 1 saturated heterocycles. The number of rotatable bonds is 5. The Bertz CT molecular complexity index is 492. The first-order valence-corrected chi connectivity index (χ1v) is 8.01. The zero-order valence-electron chi connectivity index (χ0n) is 13.2. The van der Waals surface area contributed by atoms with Crippen LogP contribution in [0.4, 0.5) is 5.95 Å². The predicted molar refractivity (Wildman–Crippen MR) is 88.0 cm³/mol. The Hall–Kier alpha value is -1.89. The maximum Gasteiger partial charge on any atom is 0.225 e. The maximum absolute atomic E-state index is 6.12. The third-order valence-electron chi connectivity index (χ3n) is 4.34. The first-order valence-electron chi connectivity index (χ1n) is 8.01. The van der Waals surface area contributed by atoms with Crippen molar-refractivity contribution in [3.05, 3.63) is 18.5 Å². The van der Waals surface area contributed by atoms with Crippen LogP contribution in [0.1, 0.15) is 12.8 Å². The molecule has 0 aromatic carbocycles. The SMILES string of the molecule is CN(CCN=C(N)N1CCN(c2ncccn2)CC1)C1CC1. The topological polar surface area (TPSA) is 73.9 Å². The van der Waals surface area contributed by atoms with Crippen LogP contribution in [0.3, 0.4) is 0 Å². The average Bonchev–Trinajstić information content (AvgIpc) is 3.40. The molecule has 2 fully saturated rings. The molecule has 0 bridgehead atoms. The van der Waals surface area contributed by atoms with E-state index in [0.717, 1.165) is 51.3 Å². The first-order chi connectivity index (χ1) is 10.7. The first kappa shape index (κ1) is 15.0. The molecule has 7 nitrogen and oxygen atoms in total. The minimum Gasteiger partial charge on any atom is -0.370 e. The maximum atomic E-state index is 6.12. The van der Waals surface area contributed by atoms with Gasteiger partial charge in [0.2, 0.25) is 5.95 Å². The summed E-state index contributed by atoms with van der Waals surface area (Å²) in [5, 5.41) is 0. The Labute approximate surface area is 131 Å². The number of aromatic nitrogens is 2. The standard InChI is InChI=1S/C15H25N7/c1-20(13-3-4-13)8-7-17-14(16)21-9-11-22(12-10-21)15-18-5-2-6-19-15/h2,5-6,13H,3-4,7-12H2,1H3,(H2,16,17). The van der Waals surface area contributed by atoms with Crippen molar-refractivity contribution in [3.63, 3.8) is 0 Å². The summed E-state index contributed by atoms with van der Waals surface area (Å²) in [7, 11) is 2.17. The number of aliphatic imine (C=N–C) groups is 1. The minimum atomic E-state index is 0.665. The van der Waals surface area contributed by atoms with E-state index in [1.165, 1.54) is 12.8 Å². The van der Waals surface area contributed by atoms with E-state index in [9.17, 15) is 0 Å². The van der Waals surface area contributed by atoms with Crippen molar-refractivity contribution in [1.29, 1.82) is 0 Å². The molecule has 1 aliphatic heterocycles. The number of nitrogens with two attached hydrogens (primary N) is 1. The van der Waals surface area contributed by atoms with Crippen molar-refractivity contribution in [3.8, 4) is 0 Å². The number of hydrogen-bond donors (Lipinski definition) is 1. The molecule has 0 atom stereocenters. The van der Waals surface area contributed by atoms with E-state index in [2.05, 4.69) is 36.7 Å². The Morgan fingerprint density at radius 2 is 1.95 bits per heavy atom. The van der Waals surface area contributed by atoms with Crippen molar-refractivity contribution in [1.82, 2.24) is 19.8 Å². The summed E-state index contributed by atoms with van der Waals surface area (Å²) in [6.07, 6.45) is 6.22. The molecule has 120 valence electrons. The highest BCUT2D eigenvalue weighted by atomic mass is 15.4. The highest BCUT2D eigenvalue weighted by molar-refractivity contribution is 5.78. The summed E-state index contributed by atoms with van der Waals surface area (Å²) in [6, 6.07) is 2.62. The largest absolute Gasteiger partial charge is 0.370 e. The van der Waals surface area contributed by atoms with Crippen LogP contribution in [0.5, 0.6) is 0 Å². The molecular formula is C15H25N7. The highest BCUT2D eigenvalue weighted by Gasteiger charge is 2.25. The second-order valence-electron chi connectivity index (χ2n) is 5.97. The zero-order chi connectivity index (χ0) is 15.4. The minimum absolute atomic E-state index is 0.665. The van der Waals surface area contributed by atoms with E-state index < -0.39 is 0 Å². The molecule has 1 aromatic heterocycles. The van der Waals surface area contributed by atoms with Crippen molar-refractivity contribution in [2.45, 2.75) is 18.9 Å². The average molecular weight is 303 g/mol. The van der Waals surface area contributed by atoms with E-state index in [1.54, 1.807) is 12.4 Å². The van der Waals surface area contributed by atoms with Gasteiger partial charge in [0.25, 0.3) is 0 Å². The molecule has 1 aliphatic carbocycles. The van der Waals surface area contributed by atoms with Gasteiger partial charge in [0.05, 0.1) is 6.54 Å². The van der Waals surface area contributed by atoms with Gasteiger partial charge in [-0.15, -0.1) is 0 Å². The zero-order valence-corrected chi connectivity index (χ0v) is 13.2. The number of piperazine rings is 1. The number of hydrogen-bond acceptors (Lipinski definition) is 5. The van der Waals surface area contributed by atoms with Crippen LogP contribution < -0.4 is 10.6 Å². The summed E-state index contributed by atoms with van der Waals surface area (Å²) < 4.78 is 0. The summed E-state index contributed by atoms with van der Waals surface area (Å²) in [5.74, 6) is 1.46. The van der Waals surface area contributed by atoms with Crippen molar-refractivity contribution in [2.75, 3.05) is 51.2 Å². The van der Waals surface area contributed by atoms with Gasteiger partial charge in [-0.05, 0) is 26.0 Å². The molecule has 0 radical (unpaired) electrons. The van der Waals surface area contributed by atoms with Crippen LogP contribution in [0.15, 0.2) is 23.5 Å². The number of guanidine groups is 1. The van der Waals surface area contributed by atoms with Crippen molar-refractivity contribution in [2.24, 2.45) is 10.7 Å². The van der Waals surface area contributed by atoms with E-state index in [-0.39, 0.29) is 0 Å². The monoisotopic (exact) mass is 303 g/mol. The van der Waals surface area contributed by atoms with Crippen molar-refractivity contribution >= 4 is 11.9 Å². The normalized spacial score (nSPS) is 19.8. The van der Waals surface area contributed by atoms with E-state index >= 15 is 0 Å². The van der Waals surface area contributed by atoms with Crippen LogP contribution in [0.25, 0.3) is 0 Å². The van der Waals surface area contributed by atoms with Gasteiger partial charge in [-0.2, -0.15) is 0 Å². The van der Waals surface area contributed by atoms with Gasteiger partial charge in [0.15, 0.2) is 5.96 Å². The summed E-state index contributed by atoms with van der Waals surface area (Å²) >= 11 is 0. The quantitative estimate of drug-likeness (QED) is 0.610. The molecule has 3 rings (SSSR count). The van der Waals surface area contributed by atoms with Gasteiger partial charge < -0.3 is 20.4 Å². The number of anilines is 1. The molecule has 1 aromatic rings. The molecule has 2 aliphatic rings. The van der Waals surface area contributed by atoms with Gasteiger partial charge >= 0.3 is 0 Å². The third kappa shape index (κ3) is 3.85. The van der Waals surface area contributed by atoms with Crippen LogP contribution >= 0.6 is 0 Å². The molecule has 0 spiro atoms. The van der Waals surface area contributed by atoms with E-state index in [4.69, 9.17) is 5.73 Å². The van der Waals surface area contributed by atoms with Gasteiger partial charge in [-0.1, -0.05) is 0 Å². The predicted octanol–water partition coefficient (Wildman–Crippen LogP) is 0.00750. The summed E-state index contributed by atoms with van der Waals surface area (Å²) in [4.78, 5) is 19.8. The summed E-state index contributed by atoms with van der Waals surface area (Å²) in [5.41, 5.74) is 6.12. The lowest BCUT2D eigenvalue weighted by molar-refractivity contribution is 0.331. The Balaban J connectivity index is 1.44. The number of nitrogens with zero attached hydrogens (tertiary/aromatic N) is 6. The third-order valence-corrected chi connectivity index (χ3v) is 4.34. The Kier molecular flexibility index (Phi) is 4.72. The fourth-order valence-corrected chi connectivity index (χ4v) is 2.71. The summed E-state index contributed by atoms with van der Waals surface area (Å²) in [6.45, 7) is 5.26. The number of likely N-dealkylation sites (N-methyl/N-ethyl adjacent to an activating group) is 1. The van der Waals surface area contributed by atoms with Crippen LogP contribution in [-0.4, -0.2) is 78.1 Å². The van der Waals surface area contributed by atoms with Crippen LogP contribution in [0.2, 0.25) is 0 Å². The Morgan fingerprint density at radius 3 is 2.59 bits per heavy atom. The second kappa shape index (κ2) is 6.91. The fraction of sp³-hybridized carbons (Fsp3) is 0.667. The molecule has 2 heterocycles. The smallest absolute Gasteiger partial charge is 0.225 e. The molecule has 7 heteroatoms. The van der Waals surface area contributed by atoms with Crippen LogP contribution in [-0.2, 0) is 0 Å². The van der Waals surface area contributed by atoms with Gasteiger partial charge in [0, 0.05) is 51.2 Å². The molecule has 1 saturated carbocycles. The molecular weight excluding hydrogens is 278 g/mol. The highest BCUT2D eigenvalue weighted by Crippen LogP contribution is 2.24.